The lowest BCUT2D eigenvalue weighted by atomic mass is 9.79. The SMILES string of the molecule is COc1ccc([C@@H]2C[C@@H](c3ccccc3)Oc3c(C(C)C)ccc(C)c32)cc1. The van der Waals surface area contributed by atoms with Crippen LogP contribution in [0.2, 0.25) is 0 Å². The van der Waals surface area contributed by atoms with Crippen molar-refractivity contribution in [1.82, 2.24) is 0 Å². The number of benzene rings is 3. The van der Waals surface area contributed by atoms with E-state index in [1.807, 2.05) is 0 Å². The van der Waals surface area contributed by atoms with Crippen LogP contribution in [0.4, 0.5) is 0 Å². The minimum Gasteiger partial charge on any atom is -0.497 e. The van der Waals surface area contributed by atoms with Crippen LogP contribution in [0.3, 0.4) is 0 Å². The molecule has 2 heteroatoms. The van der Waals surface area contributed by atoms with Crippen molar-refractivity contribution in [2.75, 3.05) is 7.11 Å². The molecule has 144 valence electrons. The number of hydrogen-bond acceptors (Lipinski definition) is 2. The number of fused-ring (bicyclic) bond motifs is 1. The topological polar surface area (TPSA) is 18.5 Å². The van der Waals surface area contributed by atoms with Crippen molar-refractivity contribution < 1.29 is 9.47 Å². The molecule has 0 N–H and O–H groups in total. The molecule has 0 aliphatic carbocycles. The lowest BCUT2D eigenvalue weighted by Crippen LogP contribution is -2.22. The Kier molecular flexibility index (Phi) is 5.13. The van der Waals surface area contributed by atoms with Gasteiger partial charge in [0.05, 0.1) is 7.11 Å². The third-order valence-corrected chi connectivity index (χ3v) is 5.81. The summed E-state index contributed by atoms with van der Waals surface area (Å²) in [5, 5.41) is 0. The van der Waals surface area contributed by atoms with Crippen molar-refractivity contribution in [2.45, 2.75) is 45.1 Å². The van der Waals surface area contributed by atoms with Gasteiger partial charge in [-0.1, -0.05) is 68.4 Å². The van der Waals surface area contributed by atoms with Crippen molar-refractivity contribution in [3.05, 3.63) is 94.5 Å². The Morgan fingerprint density at radius 3 is 2.25 bits per heavy atom. The molecular weight excluding hydrogens is 344 g/mol. The van der Waals surface area contributed by atoms with Crippen molar-refractivity contribution in [3.63, 3.8) is 0 Å². The molecule has 1 heterocycles. The summed E-state index contributed by atoms with van der Waals surface area (Å²) in [6.45, 7) is 6.68. The maximum absolute atomic E-state index is 6.66. The van der Waals surface area contributed by atoms with E-state index in [4.69, 9.17) is 9.47 Å². The summed E-state index contributed by atoms with van der Waals surface area (Å²) in [5.41, 5.74) is 6.48. The molecule has 28 heavy (non-hydrogen) atoms. The molecule has 0 spiro atoms. The van der Waals surface area contributed by atoms with E-state index in [1.165, 1.54) is 27.8 Å². The highest BCUT2D eigenvalue weighted by molar-refractivity contribution is 5.54. The van der Waals surface area contributed by atoms with E-state index in [-0.39, 0.29) is 6.10 Å². The Morgan fingerprint density at radius 2 is 1.61 bits per heavy atom. The van der Waals surface area contributed by atoms with Crippen LogP contribution in [-0.2, 0) is 0 Å². The molecule has 2 atom stereocenters. The van der Waals surface area contributed by atoms with Gasteiger partial charge in [0, 0.05) is 11.5 Å². The Hall–Kier alpha value is -2.74. The number of methoxy groups -OCH3 is 1. The normalized spacial score (nSPS) is 18.5. The summed E-state index contributed by atoms with van der Waals surface area (Å²) in [6, 6.07) is 23.6. The van der Waals surface area contributed by atoms with Crippen LogP contribution in [0.25, 0.3) is 0 Å². The predicted octanol–water partition coefficient (Wildman–Crippen LogP) is 6.78. The third kappa shape index (κ3) is 3.40. The molecule has 4 rings (SSSR count). The molecule has 0 bridgehead atoms. The Bertz CT molecular complexity index is 942. The second-order valence-electron chi connectivity index (χ2n) is 7.95. The van der Waals surface area contributed by atoms with Gasteiger partial charge in [-0.25, -0.2) is 0 Å². The fraction of sp³-hybridized carbons (Fsp3) is 0.308. The van der Waals surface area contributed by atoms with Crippen molar-refractivity contribution in [3.8, 4) is 11.5 Å². The molecule has 2 nitrogen and oxygen atoms in total. The van der Waals surface area contributed by atoms with E-state index in [0.29, 0.717) is 11.8 Å². The molecule has 3 aromatic carbocycles. The number of rotatable bonds is 4. The molecule has 0 radical (unpaired) electrons. The molecule has 0 saturated heterocycles. The largest absolute Gasteiger partial charge is 0.497 e. The lowest BCUT2D eigenvalue weighted by molar-refractivity contribution is 0.164. The highest BCUT2D eigenvalue weighted by Crippen LogP contribution is 2.49. The first kappa shape index (κ1) is 18.6. The fourth-order valence-electron chi connectivity index (χ4n) is 4.27. The first-order valence-corrected chi connectivity index (χ1v) is 10.1. The van der Waals surface area contributed by atoms with Crippen LogP contribution < -0.4 is 9.47 Å². The molecule has 1 aliphatic heterocycles. The summed E-state index contributed by atoms with van der Waals surface area (Å²) in [4.78, 5) is 0. The molecule has 0 fully saturated rings. The smallest absolute Gasteiger partial charge is 0.127 e. The van der Waals surface area contributed by atoms with Crippen LogP contribution in [0.5, 0.6) is 11.5 Å². The van der Waals surface area contributed by atoms with Gasteiger partial charge in [-0.15, -0.1) is 0 Å². The van der Waals surface area contributed by atoms with Crippen molar-refractivity contribution >= 4 is 0 Å². The molecule has 0 unspecified atom stereocenters. The van der Waals surface area contributed by atoms with Gasteiger partial charge in [0.25, 0.3) is 0 Å². The second kappa shape index (κ2) is 7.71. The average molecular weight is 373 g/mol. The van der Waals surface area contributed by atoms with E-state index in [1.54, 1.807) is 7.11 Å². The average Bonchev–Trinajstić information content (AvgIpc) is 2.73. The van der Waals surface area contributed by atoms with Gasteiger partial charge in [0.1, 0.15) is 17.6 Å². The van der Waals surface area contributed by atoms with Gasteiger partial charge in [-0.2, -0.15) is 0 Å². The van der Waals surface area contributed by atoms with Crippen LogP contribution in [0.1, 0.15) is 66.0 Å². The maximum Gasteiger partial charge on any atom is 0.127 e. The molecule has 0 aromatic heterocycles. The summed E-state index contributed by atoms with van der Waals surface area (Å²) in [7, 11) is 1.71. The quantitative estimate of drug-likeness (QED) is 0.502. The van der Waals surface area contributed by atoms with Gasteiger partial charge in [0.15, 0.2) is 0 Å². The summed E-state index contributed by atoms with van der Waals surface area (Å²) in [6.07, 6.45) is 0.992. The van der Waals surface area contributed by atoms with E-state index >= 15 is 0 Å². The fourth-order valence-corrected chi connectivity index (χ4v) is 4.27. The van der Waals surface area contributed by atoms with Gasteiger partial charge in [0.2, 0.25) is 0 Å². The van der Waals surface area contributed by atoms with E-state index < -0.39 is 0 Å². The summed E-state index contributed by atoms with van der Waals surface area (Å²) >= 11 is 0. The molecule has 0 saturated carbocycles. The van der Waals surface area contributed by atoms with E-state index in [2.05, 4.69) is 87.5 Å². The Balaban J connectivity index is 1.86. The monoisotopic (exact) mass is 372 g/mol. The van der Waals surface area contributed by atoms with Crippen LogP contribution >= 0.6 is 0 Å². The molecule has 3 aromatic rings. The Morgan fingerprint density at radius 1 is 0.893 bits per heavy atom. The van der Waals surface area contributed by atoms with Crippen LogP contribution in [-0.4, -0.2) is 7.11 Å². The first-order chi connectivity index (χ1) is 13.6. The molecule has 0 amide bonds. The van der Waals surface area contributed by atoms with Gasteiger partial charge >= 0.3 is 0 Å². The third-order valence-electron chi connectivity index (χ3n) is 5.81. The van der Waals surface area contributed by atoms with Crippen molar-refractivity contribution in [2.24, 2.45) is 0 Å². The zero-order chi connectivity index (χ0) is 19.7. The molecular formula is C26H28O2. The first-order valence-electron chi connectivity index (χ1n) is 10.1. The van der Waals surface area contributed by atoms with Crippen LogP contribution in [0.15, 0.2) is 66.7 Å². The highest BCUT2D eigenvalue weighted by Gasteiger charge is 2.33. The lowest BCUT2D eigenvalue weighted by Gasteiger charge is -2.36. The summed E-state index contributed by atoms with van der Waals surface area (Å²) < 4.78 is 12.0. The van der Waals surface area contributed by atoms with Crippen LogP contribution in [0, 0.1) is 6.92 Å². The minimum atomic E-state index is 0.0556. The van der Waals surface area contributed by atoms with E-state index in [0.717, 1.165) is 17.9 Å². The standard InChI is InChI=1S/C26H28O2/c1-17(2)22-15-10-18(3)25-23(19-11-13-21(27-4)14-12-19)16-24(28-26(22)25)20-8-6-5-7-9-20/h5-15,17,23-24H,16H2,1-4H3/t23-,24-/m0/s1. The maximum atomic E-state index is 6.66. The van der Waals surface area contributed by atoms with Gasteiger partial charge in [-0.3, -0.25) is 0 Å². The minimum absolute atomic E-state index is 0.0556. The van der Waals surface area contributed by atoms with E-state index in [9.17, 15) is 0 Å². The summed E-state index contributed by atoms with van der Waals surface area (Å²) in [5.74, 6) is 2.69. The van der Waals surface area contributed by atoms with Gasteiger partial charge in [-0.05, 0) is 53.6 Å². The number of ether oxygens (including phenoxy) is 2. The Labute approximate surface area is 168 Å². The number of hydrogen-bond donors (Lipinski definition) is 0. The predicted molar refractivity (Wildman–Crippen MR) is 115 cm³/mol. The van der Waals surface area contributed by atoms with Gasteiger partial charge < -0.3 is 9.47 Å². The zero-order valence-corrected chi connectivity index (χ0v) is 17.1. The highest BCUT2D eigenvalue weighted by atomic mass is 16.5. The molecule has 1 aliphatic rings. The number of aryl methyl sites for hydroxylation is 1. The second-order valence-corrected chi connectivity index (χ2v) is 7.95. The zero-order valence-electron chi connectivity index (χ0n) is 17.1. The van der Waals surface area contributed by atoms with Crippen molar-refractivity contribution in [1.29, 1.82) is 0 Å².